The zero-order valence-electron chi connectivity index (χ0n) is 22.7. The summed E-state index contributed by atoms with van der Waals surface area (Å²) >= 11 is 0. The van der Waals surface area contributed by atoms with Crippen LogP contribution in [0.25, 0.3) is 21.7 Å². The van der Waals surface area contributed by atoms with Crippen molar-refractivity contribution < 1.29 is 9.59 Å². The summed E-state index contributed by atoms with van der Waals surface area (Å²) < 4.78 is 0. The SMILES string of the molecule is NC(=O)[C@@H](NC(=O)c1ccc(CNCc2ncc[nH]2)c2ccccc12)c1c[nH]c2ccc(NCc3ccccn3)cc12. The highest BCUT2D eigenvalue weighted by Gasteiger charge is 2.25. The summed E-state index contributed by atoms with van der Waals surface area (Å²) in [5.41, 5.74) is 10.5. The number of H-pyrrole nitrogens is 2. The van der Waals surface area contributed by atoms with Gasteiger partial charge in [0.05, 0.1) is 18.8 Å². The van der Waals surface area contributed by atoms with Gasteiger partial charge in [0.15, 0.2) is 0 Å². The Kier molecular flexibility index (Phi) is 7.60. The molecule has 0 saturated carbocycles. The number of nitrogens with zero attached hydrogens (tertiary/aromatic N) is 2. The van der Waals surface area contributed by atoms with E-state index in [0.29, 0.717) is 30.8 Å². The molecule has 6 rings (SSSR count). The molecule has 3 heterocycles. The van der Waals surface area contributed by atoms with Crippen LogP contribution in [-0.4, -0.2) is 31.8 Å². The van der Waals surface area contributed by atoms with Crippen LogP contribution in [0.1, 0.15) is 39.0 Å². The molecular weight excluding hydrogens is 528 g/mol. The predicted molar refractivity (Wildman–Crippen MR) is 162 cm³/mol. The Labute approximate surface area is 241 Å². The minimum absolute atomic E-state index is 0.385. The van der Waals surface area contributed by atoms with E-state index < -0.39 is 11.9 Å². The van der Waals surface area contributed by atoms with Gasteiger partial charge < -0.3 is 31.7 Å². The Morgan fingerprint density at radius 2 is 1.69 bits per heavy atom. The Morgan fingerprint density at radius 3 is 2.48 bits per heavy atom. The van der Waals surface area contributed by atoms with E-state index in [1.54, 1.807) is 30.9 Å². The molecule has 3 aromatic heterocycles. The first kappa shape index (κ1) is 26.7. The number of fused-ring (bicyclic) bond motifs is 2. The van der Waals surface area contributed by atoms with Crippen molar-refractivity contribution in [1.29, 1.82) is 0 Å². The number of carbonyl (C=O) groups is 2. The Bertz CT molecular complexity index is 1850. The van der Waals surface area contributed by atoms with E-state index in [1.165, 1.54) is 0 Å². The summed E-state index contributed by atoms with van der Waals surface area (Å²) in [6.07, 6.45) is 6.97. The van der Waals surface area contributed by atoms with Gasteiger partial charge in [-0.3, -0.25) is 14.6 Å². The van der Waals surface area contributed by atoms with E-state index in [1.807, 2.05) is 66.7 Å². The molecule has 0 radical (unpaired) electrons. The van der Waals surface area contributed by atoms with Crippen molar-refractivity contribution in [2.24, 2.45) is 5.73 Å². The zero-order valence-corrected chi connectivity index (χ0v) is 22.7. The Morgan fingerprint density at radius 1 is 0.833 bits per heavy atom. The zero-order chi connectivity index (χ0) is 28.9. The molecule has 10 heteroatoms. The molecule has 0 fully saturated rings. The van der Waals surface area contributed by atoms with E-state index >= 15 is 0 Å². The normalized spacial score (nSPS) is 11.9. The second kappa shape index (κ2) is 11.9. The Hall–Kier alpha value is -5.48. The van der Waals surface area contributed by atoms with E-state index in [4.69, 9.17) is 5.73 Å². The van der Waals surface area contributed by atoms with Crippen LogP contribution in [0, 0.1) is 0 Å². The van der Waals surface area contributed by atoms with Crippen molar-refractivity contribution in [3.8, 4) is 0 Å². The first-order valence-electron chi connectivity index (χ1n) is 13.6. The number of carbonyl (C=O) groups excluding carboxylic acids is 2. The maximum Gasteiger partial charge on any atom is 0.252 e. The average Bonchev–Trinajstić information content (AvgIpc) is 3.69. The molecule has 0 aliphatic carbocycles. The third-order valence-electron chi connectivity index (χ3n) is 7.21. The molecular formula is C32H30N8O2. The molecule has 0 aliphatic heterocycles. The largest absolute Gasteiger partial charge is 0.379 e. The van der Waals surface area contributed by atoms with Gasteiger partial charge in [-0.2, -0.15) is 0 Å². The molecule has 0 unspecified atom stereocenters. The fourth-order valence-corrected chi connectivity index (χ4v) is 5.12. The number of benzene rings is 3. The van der Waals surface area contributed by atoms with Crippen LogP contribution in [0.4, 0.5) is 5.69 Å². The maximum absolute atomic E-state index is 13.6. The molecule has 0 saturated heterocycles. The van der Waals surface area contributed by atoms with Crippen LogP contribution in [0.2, 0.25) is 0 Å². The minimum Gasteiger partial charge on any atom is -0.379 e. The monoisotopic (exact) mass is 558 g/mol. The average molecular weight is 559 g/mol. The van der Waals surface area contributed by atoms with Crippen LogP contribution >= 0.6 is 0 Å². The molecule has 1 atom stereocenters. The van der Waals surface area contributed by atoms with Crippen molar-refractivity contribution in [3.63, 3.8) is 0 Å². The first-order valence-corrected chi connectivity index (χ1v) is 13.6. The molecule has 2 amide bonds. The minimum atomic E-state index is -1.04. The topological polar surface area (TPSA) is 154 Å². The predicted octanol–water partition coefficient (Wildman–Crippen LogP) is 4.30. The van der Waals surface area contributed by atoms with Gasteiger partial charge in [0, 0.05) is 59.0 Å². The van der Waals surface area contributed by atoms with Gasteiger partial charge in [0.1, 0.15) is 11.9 Å². The molecule has 10 nitrogen and oxygen atoms in total. The number of primary amides is 1. The molecule has 0 bridgehead atoms. The number of nitrogens with two attached hydrogens (primary N) is 1. The van der Waals surface area contributed by atoms with Crippen LogP contribution < -0.4 is 21.7 Å². The van der Waals surface area contributed by atoms with E-state index in [0.717, 1.165) is 44.4 Å². The van der Waals surface area contributed by atoms with Crippen LogP contribution in [0.5, 0.6) is 0 Å². The molecule has 7 N–H and O–H groups in total. The number of rotatable bonds is 11. The Balaban J connectivity index is 1.23. The number of hydrogen-bond donors (Lipinski definition) is 6. The van der Waals surface area contributed by atoms with E-state index in [-0.39, 0.29) is 5.91 Å². The number of aromatic amines is 2. The van der Waals surface area contributed by atoms with Crippen molar-refractivity contribution in [2.45, 2.75) is 25.7 Å². The number of nitrogens with one attached hydrogen (secondary N) is 5. The van der Waals surface area contributed by atoms with E-state index in [2.05, 4.69) is 35.9 Å². The van der Waals surface area contributed by atoms with Crippen molar-refractivity contribution in [1.82, 2.24) is 30.6 Å². The van der Waals surface area contributed by atoms with E-state index in [9.17, 15) is 9.59 Å². The summed E-state index contributed by atoms with van der Waals surface area (Å²) in [5.74, 6) is -0.191. The number of amides is 2. The van der Waals surface area contributed by atoms with Gasteiger partial charge >= 0.3 is 0 Å². The number of anilines is 1. The molecule has 210 valence electrons. The lowest BCUT2D eigenvalue weighted by atomic mass is 9.98. The van der Waals surface area contributed by atoms with Crippen molar-refractivity contribution in [2.75, 3.05) is 5.32 Å². The van der Waals surface area contributed by atoms with Gasteiger partial charge in [-0.05, 0) is 52.7 Å². The number of imidazole rings is 1. The summed E-state index contributed by atoms with van der Waals surface area (Å²) in [5, 5.41) is 12.2. The number of pyridine rings is 1. The standard InChI is InChI=1S/C32H30N8O2/c33-31(41)30(27-18-39-28-11-9-21(15-26(27)28)38-17-22-5-3-4-12-35-22)40-32(42)25-10-8-20(23-6-1-2-7-24(23)25)16-34-19-29-36-13-14-37-29/h1-15,18,30,34,38-39H,16-17,19H2,(H2,33,41)(H,36,37)(H,40,42)/t30-/m0/s1. The van der Waals surface area contributed by atoms with Gasteiger partial charge in [-0.1, -0.05) is 36.4 Å². The van der Waals surface area contributed by atoms with Gasteiger partial charge in [-0.15, -0.1) is 0 Å². The highest BCUT2D eigenvalue weighted by Crippen LogP contribution is 2.29. The number of hydrogen-bond acceptors (Lipinski definition) is 6. The third-order valence-corrected chi connectivity index (χ3v) is 7.21. The molecule has 0 aliphatic rings. The first-order chi connectivity index (χ1) is 20.6. The van der Waals surface area contributed by atoms with Crippen LogP contribution in [0.15, 0.2) is 97.6 Å². The fourth-order valence-electron chi connectivity index (χ4n) is 5.12. The van der Waals surface area contributed by atoms with Gasteiger partial charge in [0.25, 0.3) is 5.91 Å². The maximum atomic E-state index is 13.6. The van der Waals surface area contributed by atoms with Gasteiger partial charge in [0.2, 0.25) is 5.91 Å². The lowest BCUT2D eigenvalue weighted by Crippen LogP contribution is -2.37. The molecule has 6 aromatic rings. The second-order valence-electron chi connectivity index (χ2n) is 9.95. The lowest BCUT2D eigenvalue weighted by Gasteiger charge is -2.17. The van der Waals surface area contributed by atoms with Crippen molar-refractivity contribution >= 4 is 39.2 Å². The van der Waals surface area contributed by atoms with Crippen molar-refractivity contribution in [3.05, 3.63) is 126 Å². The summed E-state index contributed by atoms with van der Waals surface area (Å²) in [6, 6.07) is 22.0. The third kappa shape index (κ3) is 5.70. The highest BCUT2D eigenvalue weighted by atomic mass is 16.2. The molecule has 3 aromatic carbocycles. The van der Waals surface area contributed by atoms with Gasteiger partial charge in [-0.25, -0.2) is 4.98 Å². The summed E-state index contributed by atoms with van der Waals surface area (Å²) in [6.45, 7) is 1.73. The molecule has 42 heavy (non-hydrogen) atoms. The smallest absolute Gasteiger partial charge is 0.252 e. The second-order valence-corrected chi connectivity index (χ2v) is 9.95. The quantitative estimate of drug-likeness (QED) is 0.139. The van der Waals surface area contributed by atoms with Crippen LogP contribution in [-0.2, 0) is 24.4 Å². The fraction of sp³-hybridized carbons (Fsp3) is 0.125. The highest BCUT2D eigenvalue weighted by molar-refractivity contribution is 6.09. The lowest BCUT2D eigenvalue weighted by molar-refractivity contribution is -0.119. The summed E-state index contributed by atoms with van der Waals surface area (Å²) in [4.78, 5) is 41.2. The number of aromatic nitrogens is 4. The molecule has 0 spiro atoms. The van der Waals surface area contributed by atoms with Crippen LogP contribution in [0.3, 0.4) is 0 Å². The summed E-state index contributed by atoms with van der Waals surface area (Å²) in [7, 11) is 0.